The molecule has 0 spiro atoms. The van der Waals surface area contributed by atoms with Crippen molar-refractivity contribution in [1.82, 2.24) is 0 Å². The Morgan fingerprint density at radius 2 is 1.72 bits per heavy atom. The lowest BCUT2D eigenvalue weighted by molar-refractivity contribution is 0.166. The first-order valence-corrected chi connectivity index (χ1v) is 6.71. The first-order valence-electron chi connectivity index (χ1n) is 6.71. The number of hydrogen-bond acceptors (Lipinski definition) is 1. The van der Waals surface area contributed by atoms with Crippen molar-refractivity contribution in [2.24, 2.45) is 0 Å². The Labute approximate surface area is 108 Å². The number of aliphatic hydroxyl groups is 1. The molecule has 1 atom stereocenters. The molecule has 92 valence electrons. The fourth-order valence-corrected chi connectivity index (χ4v) is 2.75. The van der Waals surface area contributed by atoms with E-state index in [-0.39, 0.29) is 6.10 Å². The Bertz CT molecular complexity index is 531. The SMILES string of the molecule is O[C@H]1CCCCc2ccc(-c3ccccc3)cc21. The number of aliphatic hydroxyl groups excluding tert-OH is 1. The zero-order valence-electron chi connectivity index (χ0n) is 10.5. The lowest BCUT2D eigenvalue weighted by atomic mass is 9.95. The van der Waals surface area contributed by atoms with E-state index in [1.165, 1.54) is 23.1 Å². The predicted molar refractivity (Wildman–Crippen MR) is 74.4 cm³/mol. The van der Waals surface area contributed by atoms with E-state index in [1.807, 2.05) is 6.07 Å². The molecular weight excluding hydrogens is 220 g/mol. The summed E-state index contributed by atoms with van der Waals surface area (Å²) in [7, 11) is 0. The van der Waals surface area contributed by atoms with Crippen LogP contribution >= 0.6 is 0 Å². The van der Waals surface area contributed by atoms with Gasteiger partial charge in [0.2, 0.25) is 0 Å². The first kappa shape index (κ1) is 11.5. The average Bonchev–Trinajstić information content (AvgIpc) is 2.62. The fraction of sp³-hybridized carbons (Fsp3) is 0.294. The normalized spacial score (nSPS) is 19.1. The molecule has 0 amide bonds. The summed E-state index contributed by atoms with van der Waals surface area (Å²) in [6, 6.07) is 16.9. The molecule has 1 aliphatic rings. The second-order valence-electron chi connectivity index (χ2n) is 5.04. The van der Waals surface area contributed by atoms with Gasteiger partial charge in [0.05, 0.1) is 6.10 Å². The highest BCUT2D eigenvalue weighted by atomic mass is 16.3. The molecule has 2 aromatic rings. The molecule has 0 saturated heterocycles. The van der Waals surface area contributed by atoms with Gasteiger partial charge in [-0.15, -0.1) is 0 Å². The van der Waals surface area contributed by atoms with E-state index >= 15 is 0 Å². The summed E-state index contributed by atoms with van der Waals surface area (Å²) >= 11 is 0. The molecule has 0 fully saturated rings. The summed E-state index contributed by atoms with van der Waals surface area (Å²) in [5.74, 6) is 0. The van der Waals surface area contributed by atoms with Gasteiger partial charge in [-0.05, 0) is 47.6 Å². The summed E-state index contributed by atoms with van der Waals surface area (Å²) in [6.07, 6.45) is 4.02. The van der Waals surface area contributed by atoms with Crippen LogP contribution in [0, 0.1) is 0 Å². The molecule has 1 heteroatoms. The maximum absolute atomic E-state index is 10.2. The predicted octanol–water partition coefficient (Wildman–Crippen LogP) is 4.11. The van der Waals surface area contributed by atoms with Gasteiger partial charge in [-0.1, -0.05) is 48.9 Å². The number of aryl methyl sites for hydroxylation is 1. The molecule has 0 bridgehead atoms. The third-order valence-electron chi connectivity index (χ3n) is 3.79. The maximum Gasteiger partial charge on any atom is 0.0792 e. The minimum absolute atomic E-state index is 0.286. The van der Waals surface area contributed by atoms with Crippen LogP contribution in [0.15, 0.2) is 48.5 Å². The van der Waals surface area contributed by atoms with Crippen molar-refractivity contribution in [3.63, 3.8) is 0 Å². The summed E-state index contributed by atoms with van der Waals surface area (Å²) in [5.41, 5.74) is 4.88. The fourth-order valence-electron chi connectivity index (χ4n) is 2.75. The van der Waals surface area contributed by atoms with Gasteiger partial charge in [-0.25, -0.2) is 0 Å². The summed E-state index contributed by atoms with van der Waals surface area (Å²) < 4.78 is 0. The summed E-state index contributed by atoms with van der Waals surface area (Å²) in [4.78, 5) is 0. The van der Waals surface area contributed by atoms with Crippen LogP contribution in [0.4, 0.5) is 0 Å². The number of fused-ring (bicyclic) bond motifs is 1. The molecule has 0 saturated carbocycles. The molecule has 0 radical (unpaired) electrons. The van der Waals surface area contributed by atoms with E-state index in [9.17, 15) is 5.11 Å². The quantitative estimate of drug-likeness (QED) is 0.741. The van der Waals surface area contributed by atoms with Gasteiger partial charge in [0, 0.05) is 0 Å². The van der Waals surface area contributed by atoms with Crippen molar-refractivity contribution < 1.29 is 5.11 Å². The van der Waals surface area contributed by atoms with Crippen LogP contribution in [0.25, 0.3) is 11.1 Å². The standard InChI is InChI=1S/C17H18O/c18-17-9-5-4-8-14-10-11-15(12-16(14)17)13-6-2-1-3-7-13/h1-3,6-7,10-12,17-18H,4-5,8-9H2/t17-/m0/s1. The Kier molecular flexibility index (Phi) is 3.16. The van der Waals surface area contributed by atoms with E-state index in [2.05, 4.69) is 42.5 Å². The van der Waals surface area contributed by atoms with E-state index < -0.39 is 0 Å². The molecule has 1 N–H and O–H groups in total. The highest BCUT2D eigenvalue weighted by Gasteiger charge is 2.16. The van der Waals surface area contributed by atoms with Crippen LogP contribution < -0.4 is 0 Å². The van der Waals surface area contributed by atoms with Crippen molar-refractivity contribution in [2.75, 3.05) is 0 Å². The Balaban J connectivity index is 2.04. The van der Waals surface area contributed by atoms with Crippen molar-refractivity contribution in [3.8, 4) is 11.1 Å². The maximum atomic E-state index is 10.2. The first-order chi connectivity index (χ1) is 8.84. The molecule has 0 aliphatic heterocycles. The largest absolute Gasteiger partial charge is 0.388 e. The van der Waals surface area contributed by atoms with E-state index in [0.717, 1.165) is 24.8 Å². The Hall–Kier alpha value is -1.60. The summed E-state index contributed by atoms with van der Waals surface area (Å²) in [6.45, 7) is 0. The van der Waals surface area contributed by atoms with E-state index in [0.29, 0.717) is 0 Å². The average molecular weight is 238 g/mol. The number of benzene rings is 2. The van der Waals surface area contributed by atoms with Crippen LogP contribution in [-0.4, -0.2) is 5.11 Å². The minimum atomic E-state index is -0.286. The highest BCUT2D eigenvalue weighted by Crippen LogP contribution is 2.32. The van der Waals surface area contributed by atoms with Gasteiger partial charge in [0.15, 0.2) is 0 Å². The van der Waals surface area contributed by atoms with Crippen molar-refractivity contribution in [3.05, 3.63) is 59.7 Å². The lowest BCUT2D eigenvalue weighted by Crippen LogP contribution is -1.99. The molecule has 1 aliphatic carbocycles. The monoisotopic (exact) mass is 238 g/mol. The van der Waals surface area contributed by atoms with Gasteiger partial charge >= 0.3 is 0 Å². The Morgan fingerprint density at radius 3 is 2.56 bits per heavy atom. The molecule has 0 unspecified atom stereocenters. The van der Waals surface area contributed by atoms with E-state index in [4.69, 9.17) is 0 Å². The molecule has 0 aromatic heterocycles. The molecule has 18 heavy (non-hydrogen) atoms. The second-order valence-corrected chi connectivity index (χ2v) is 5.04. The van der Waals surface area contributed by atoms with Crippen LogP contribution in [0.5, 0.6) is 0 Å². The van der Waals surface area contributed by atoms with Gasteiger partial charge in [-0.3, -0.25) is 0 Å². The number of rotatable bonds is 1. The summed E-state index contributed by atoms with van der Waals surface area (Å²) in [5, 5.41) is 10.2. The zero-order valence-corrected chi connectivity index (χ0v) is 10.5. The van der Waals surface area contributed by atoms with Crippen LogP contribution in [-0.2, 0) is 6.42 Å². The van der Waals surface area contributed by atoms with Crippen molar-refractivity contribution in [1.29, 1.82) is 0 Å². The van der Waals surface area contributed by atoms with Gasteiger partial charge in [-0.2, -0.15) is 0 Å². The third kappa shape index (κ3) is 2.19. The lowest BCUT2D eigenvalue weighted by Gasteiger charge is -2.13. The molecule has 0 heterocycles. The second kappa shape index (κ2) is 4.95. The van der Waals surface area contributed by atoms with Crippen molar-refractivity contribution in [2.45, 2.75) is 31.8 Å². The topological polar surface area (TPSA) is 20.2 Å². The van der Waals surface area contributed by atoms with E-state index in [1.54, 1.807) is 0 Å². The van der Waals surface area contributed by atoms with Crippen LogP contribution in [0.2, 0.25) is 0 Å². The third-order valence-corrected chi connectivity index (χ3v) is 3.79. The van der Waals surface area contributed by atoms with Gasteiger partial charge < -0.3 is 5.11 Å². The molecule has 2 aromatic carbocycles. The Morgan fingerprint density at radius 1 is 0.889 bits per heavy atom. The highest BCUT2D eigenvalue weighted by molar-refractivity contribution is 5.65. The van der Waals surface area contributed by atoms with Crippen LogP contribution in [0.3, 0.4) is 0 Å². The van der Waals surface area contributed by atoms with Gasteiger partial charge in [0.25, 0.3) is 0 Å². The van der Waals surface area contributed by atoms with Gasteiger partial charge in [0.1, 0.15) is 0 Å². The molecular formula is C17H18O. The minimum Gasteiger partial charge on any atom is -0.388 e. The number of hydrogen-bond donors (Lipinski definition) is 1. The smallest absolute Gasteiger partial charge is 0.0792 e. The molecule has 1 nitrogen and oxygen atoms in total. The molecule has 3 rings (SSSR count). The zero-order chi connectivity index (χ0) is 12.4. The van der Waals surface area contributed by atoms with Crippen LogP contribution in [0.1, 0.15) is 36.5 Å². The van der Waals surface area contributed by atoms with Crippen molar-refractivity contribution >= 4 is 0 Å².